The Morgan fingerprint density at radius 3 is 2.91 bits per heavy atom. The molecule has 3 aromatic heterocycles. The van der Waals surface area contributed by atoms with Gasteiger partial charge in [-0.05, 0) is 55.4 Å². The zero-order chi connectivity index (χ0) is 23.7. The molecule has 3 heterocycles. The number of fused-ring (bicyclic) bond motifs is 1. The summed E-state index contributed by atoms with van der Waals surface area (Å²) in [6.45, 7) is 3.40. The van der Waals surface area contributed by atoms with Crippen molar-refractivity contribution in [1.29, 1.82) is 0 Å². The van der Waals surface area contributed by atoms with Crippen LogP contribution >= 0.6 is 0 Å². The maximum absolute atomic E-state index is 11.5. The van der Waals surface area contributed by atoms with Crippen molar-refractivity contribution in [2.24, 2.45) is 17.6 Å². The third kappa shape index (κ3) is 4.41. The minimum atomic E-state index is -0.206. The van der Waals surface area contributed by atoms with Crippen LogP contribution in [0, 0.1) is 18.8 Å². The van der Waals surface area contributed by atoms with Gasteiger partial charge in [-0.3, -0.25) is 9.48 Å². The minimum absolute atomic E-state index is 0.0329. The van der Waals surface area contributed by atoms with E-state index in [9.17, 15) is 4.79 Å². The van der Waals surface area contributed by atoms with Crippen LogP contribution in [-0.4, -0.2) is 54.4 Å². The van der Waals surface area contributed by atoms with E-state index in [1.165, 1.54) is 0 Å². The number of aromatic nitrogens is 7. The second-order valence-electron chi connectivity index (χ2n) is 8.96. The predicted molar refractivity (Wildman–Crippen MR) is 126 cm³/mol. The number of aryl methyl sites for hydroxylation is 1. The molecule has 10 heteroatoms. The van der Waals surface area contributed by atoms with E-state index < -0.39 is 0 Å². The van der Waals surface area contributed by atoms with Crippen molar-refractivity contribution in [2.75, 3.05) is 13.7 Å². The highest BCUT2D eigenvalue weighted by Gasteiger charge is 2.29. The molecule has 176 valence electrons. The average molecular weight is 461 g/mol. The number of hydrogen-bond acceptors (Lipinski definition) is 7. The van der Waals surface area contributed by atoms with Crippen LogP contribution in [0.25, 0.3) is 28.0 Å². The topological polar surface area (TPSA) is 127 Å². The molecule has 0 aliphatic heterocycles. The lowest BCUT2D eigenvalue weighted by Crippen LogP contribution is -2.21. The molecule has 1 aliphatic carbocycles. The molecule has 34 heavy (non-hydrogen) atoms. The Hall–Kier alpha value is -3.66. The first-order chi connectivity index (χ1) is 16.5. The van der Waals surface area contributed by atoms with Gasteiger partial charge in [0, 0.05) is 31.2 Å². The van der Waals surface area contributed by atoms with Crippen LogP contribution in [0.2, 0.25) is 0 Å². The van der Waals surface area contributed by atoms with Gasteiger partial charge in [0.15, 0.2) is 11.2 Å². The smallest absolute Gasteiger partial charge is 0.220 e. The van der Waals surface area contributed by atoms with Crippen molar-refractivity contribution in [3.8, 4) is 16.8 Å². The lowest BCUT2D eigenvalue weighted by Gasteiger charge is -2.09. The molecule has 10 nitrogen and oxygen atoms in total. The predicted octanol–water partition coefficient (Wildman–Crippen LogP) is 2.47. The number of primary amides is 1. The molecule has 2 N–H and O–H groups in total. The Balaban J connectivity index is 1.38. The van der Waals surface area contributed by atoms with Gasteiger partial charge in [-0.15, -0.1) is 5.10 Å². The zero-order valence-electron chi connectivity index (χ0n) is 19.4. The van der Waals surface area contributed by atoms with Gasteiger partial charge in [0.25, 0.3) is 0 Å². The fourth-order valence-corrected chi connectivity index (χ4v) is 4.73. The summed E-state index contributed by atoms with van der Waals surface area (Å²) < 4.78 is 8.76. The highest BCUT2D eigenvalue weighted by atomic mass is 16.5. The van der Waals surface area contributed by atoms with Gasteiger partial charge in [-0.1, -0.05) is 11.3 Å². The Bertz CT molecular complexity index is 1330. The van der Waals surface area contributed by atoms with Gasteiger partial charge in [0.1, 0.15) is 5.82 Å². The van der Waals surface area contributed by atoms with Crippen molar-refractivity contribution < 1.29 is 9.53 Å². The number of nitrogens with two attached hydrogens (primary N) is 1. The molecule has 0 spiro atoms. The lowest BCUT2D eigenvalue weighted by molar-refractivity contribution is -0.121. The highest BCUT2D eigenvalue weighted by molar-refractivity contribution is 5.77. The monoisotopic (exact) mass is 460 g/mol. The van der Waals surface area contributed by atoms with Gasteiger partial charge in [-0.2, -0.15) is 9.78 Å². The van der Waals surface area contributed by atoms with Crippen molar-refractivity contribution in [3.63, 3.8) is 0 Å². The van der Waals surface area contributed by atoms with Gasteiger partial charge < -0.3 is 10.5 Å². The molecule has 2 atom stereocenters. The molecule has 0 radical (unpaired) electrons. The second-order valence-corrected chi connectivity index (χ2v) is 8.96. The summed E-state index contributed by atoms with van der Waals surface area (Å²) in [6, 6.07) is 6.16. The largest absolute Gasteiger partial charge is 0.383 e. The average Bonchev–Trinajstić information content (AvgIpc) is 3.57. The first-order valence-corrected chi connectivity index (χ1v) is 11.5. The summed E-state index contributed by atoms with van der Waals surface area (Å²) in [5, 5.41) is 13.0. The molecule has 1 amide bonds. The molecule has 0 bridgehead atoms. The van der Waals surface area contributed by atoms with E-state index in [-0.39, 0.29) is 11.8 Å². The van der Waals surface area contributed by atoms with E-state index in [0.717, 1.165) is 53.9 Å². The van der Waals surface area contributed by atoms with Gasteiger partial charge in [-0.25, -0.2) is 9.97 Å². The molecule has 4 aromatic rings. The number of benzene rings is 1. The van der Waals surface area contributed by atoms with E-state index in [1.54, 1.807) is 18.0 Å². The van der Waals surface area contributed by atoms with Gasteiger partial charge in [0.2, 0.25) is 5.91 Å². The number of amides is 1. The molecule has 1 fully saturated rings. The summed E-state index contributed by atoms with van der Waals surface area (Å²) in [5.74, 6) is 0.866. The van der Waals surface area contributed by atoms with Gasteiger partial charge in [0.05, 0.1) is 31.2 Å². The quantitative estimate of drug-likeness (QED) is 0.428. The van der Waals surface area contributed by atoms with Crippen molar-refractivity contribution in [3.05, 3.63) is 48.2 Å². The van der Waals surface area contributed by atoms with Crippen molar-refractivity contribution in [2.45, 2.75) is 39.2 Å². The minimum Gasteiger partial charge on any atom is -0.383 e. The van der Waals surface area contributed by atoms with E-state index in [0.29, 0.717) is 30.2 Å². The molecule has 0 saturated heterocycles. The highest BCUT2D eigenvalue weighted by Crippen LogP contribution is 2.32. The van der Waals surface area contributed by atoms with Crippen molar-refractivity contribution >= 4 is 17.1 Å². The molecule has 1 aliphatic rings. The number of carbonyl (C=O) groups is 1. The van der Waals surface area contributed by atoms with Crippen LogP contribution < -0.4 is 5.73 Å². The first kappa shape index (κ1) is 22.1. The number of ether oxygens (including phenoxy) is 1. The SMILES string of the molecule is COCCn1cc(-c2ccc(-n3nnc4cnc(C[C@@H]5CC[C@@H](C(N)=O)C5)nc43)cc2C)cn1. The summed E-state index contributed by atoms with van der Waals surface area (Å²) in [6.07, 6.45) is 8.95. The molecular formula is C24H28N8O2. The fraction of sp³-hybridized carbons (Fsp3) is 0.417. The maximum Gasteiger partial charge on any atom is 0.220 e. The molecule has 1 aromatic carbocycles. The number of hydrogen-bond donors (Lipinski definition) is 1. The Labute approximate surface area is 197 Å². The van der Waals surface area contributed by atoms with Crippen LogP contribution in [0.3, 0.4) is 0 Å². The summed E-state index contributed by atoms with van der Waals surface area (Å²) in [7, 11) is 1.68. The van der Waals surface area contributed by atoms with Crippen LogP contribution in [0.5, 0.6) is 0 Å². The van der Waals surface area contributed by atoms with Crippen LogP contribution in [-0.2, 0) is 22.5 Å². The van der Waals surface area contributed by atoms with Crippen LogP contribution in [0.15, 0.2) is 36.8 Å². The summed E-state index contributed by atoms with van der Waals surface area (Å²) in [4.78, 5) is 20.7. The third-order valence-electron chi connectivity index (χ3n) is 6.58. The molecule has 5 rings (SSSR count). The van der Waals surface area contributed by atoms with E-state index in [2.05, 4.69) is 39.5 Å². The Morgan fingerprint density at radius 1 is 1.26 bits per heavy atom. The number of rotatable bonds is 8. The molecular weight excluding hydrogens is 432 g/mol. The van der Waals surface area contributed by atoms with E-state index >= 15 is 0 Å². The van der Waals surface area contributed by atoms with Crippen LogP contribution in [0.1, 0.15) is 30.7 Å². The van der Waals surface area contributed by atoms with Crippen LogP contribution in [0.4, 0.5) is 0 Å². The number of nitrogens with zero attached hydrogens (tertiary/aromatic N) is 7. The van der Waals surface area contributed by atoms with E-state index in [4.69, 9.17) is 15.5 Å². The van der Waals surface area contributed by atoms with E-state index in [1.807, 2.05) is 23.1 Å². The standard InChI is InChI=1S/C24H28N8O2/c1-15-9-19(5-6-20(15)18-12-27-31(14-18)7-8-34-2)32-24-21(29-30-32)13-26-22(28-24)11-16-3-4-17(10-16)23(25)33/h5-6,9,12-14,16-17H,3-4,7-8,10-11H2,1-2H3,(H2,25,33)/t16-,17-/m1/s1. The number of carbonyl (C=O) groups excluding carboxylic acids is 1. The lowest BCUT2D eigenvalue weighted by atomic mass is 10.0. The summed E-state index contributed by atoms with van der Waals surface area (Å²) >= 11 is 0. The first-order valence-electron chi connectivity index (χ1n) is 11.5. The maximum atomic E-state index is 11.5. The Morgan fingerprint density at radius 2 is 2.15 bits per heavy atom. The Kier molecular flexibility index (Phi) is 6.06. The normalized spacial score (nSPS) is 18.1. The number of methoxy groups -OCH3 is 1. The molecule has 1 saturated carbocycles. The van der Waals surface area contributed by atoms with Gasteiger partial charge >= 0.3 is 0 Å². The zero-order valence-corrected chi connectivity index (χ0v) is 19.4. The fourth-order valence-electron chi connectivity index (χ4n) is 4.73. The third-order valence-corrected chi connectivity index (χ3v) is 6.58. The second kappa shape index (κ2) is 9.30. The summed E-state index contributed by atoms with van der Waals surface area (Å²) in [5.41, 5.74) is 10.9. The van der Waals surface area contributed by atoms with Crippen molar-refractivity contribution in [1.82, 2.24) is 34.7 Å². The molecule has 0 unspecified atom stereocenters.